The van der Waals surface area contributed by atoms with Crippen LogP contribution in [0.25, 0.3) is 0 Å². The molecule has 0 bridgehead atoms. The molecule has 2 aromatic rings. The van der Waals surface area contributed by atoms with Crippen molar-refractivity contribution in [3.63, 3.8) is 0 Å². The van der Waals surface area contributed by atoms with Crippen molar-refractivity contribution in [2.45, 2.75) is 39.7 Å². The Hall–Kier alpha value is -2.72. The second-order valence-electron chi connectivity index (χ2n) is 7.98. The average molecular weight is 391 g/mol. The predicted octanol–water partition coefficient (Wildman–Crippen LogP) is 5.26. The topological polar surface area (TPSA) is 41.9 Å². The molecule has 4 nitrogen and oxygen atoms in total. The first kappa shape index (κ1) is 21.0. The molecule has 0 radical (unpaired) electrons. The van der Waals surface area contributed by atoms with E-state index in [1.165, 1.54) is 5.01 Å². The van der Waals surface area contributed by atoms with Gasteiger partial charge in [0.1, 0.15) is 5.41 Å². The normalized spacial score (nSPS) is 20.1. The fraction of sp³-hybridized carbons (Fsp3) is 0.360. The van der Waals surface area contributed by atoms with Crippen molar-refractivity contribution in [1.29, 1.82) is 0 Å². The lowest BCUT2D eigenvalue weighted by molar-refractivity contribution is -0.129. The van der Waals surface area contributed by atoms with Crippen LogP contribution in [0.15, 0.2) is 78.4 Å². The Morgan fingerprint density at radius 2 is 1.72 bits per heavy atom. The Balaban J connectivity index is 1.99. The van der Waals surface area contributed by atoms with E-state index >= 15 is 0 Å². The van der Waals surface area contributed by atoms with Gasteiger partial charge in [0.05, 0.1) is 17.5 Å². The van der Waals surface area contributed by atoms with E-state index < -0.39 is 11.5 Å². The van der Waals surface area contributed by atoms with Gasteiger partial charge in [-0.25, -0.2) is 0 Å². The molecule has 0 unspecified atom stereocenters. The van der Waals surface area contributed by atoms with Crippen LogP contribution >= 0.6 is 0 Å². The highest BCUT2D eigenvalue weighted by atomic mass is 16.5. The number of amides is 1. The number of benzene rings is 2. The van der Waals surface area contributed by atoms with Crippen LogP contribution in [-0.2, 0) is 16.0 Å². The van der Waals surface area contributed by atoms with Gasteiger partial charge in [-0.2, -0.15) is 10.1 Å². The Kier molecular flexibility index (Phi) is 6.65. The van der Waals surface area contributed by atoms with Crippen molar-refractivity contribution in [1.82, 2.24) is 0 Å². The molecule has 3 rings (SSSR count). The van der Waals surface area contributed by atoms with Crippen LogP contribution in [0.3, 0.4) is 0 Å². The van der Waals surface area contributed by atoms with Crippen LogP contribution in [0.5, 0.6) is 0 Å². The van der Waals surface area contributed by atoms with Gasteiger partial charge in [0.15, 0.2) is 0 Å². The van der Waals surface area contributed by atoms with E-state index in [1.54, 1.807) is 6.08 Å². The third-order valence-electron chi connectivity index (χ3n) is 5.49. The zero-order valence-electron chi connectivity index (χ0n) is 17.5. The molecule has 0 saturated carbocycles. The van der Waals surface area contributed by atoms with Crippen molar-refractivity contribution in [2.75, 3.05) is 11.6 Å². The Bertz CT molecular complexity index is 861. The summed E-state index contributed by atoms with van der Waals surface area (Å²) in [5.41, 5.74) is 1.68. The molecular weight excluding hydrogens is 360 g/mol. The molecular formula is C25H30N2O2. The molecule has 0 N–H and O–H groups in total. The van der Waals surface area contributed by atoms with E-state index in [1.807, 2.05) is 67.6 Å². The van der Waals surface area contributed by atoms with E-state index in [9.17, 15) is 4.79 Å². The molecule has 0 saturated heterocycles. The molecule has 0 spiro atoms. The van der Waals surface area contributed by atoms with Gasteiger partial charge in [-0.15, -0.1) is 6.58 Å². The van der Waals surface area contributed by atoms with Gasteiger partial charge in [-0.3, -0.25) is 4.79 Å². The van der Waals surface area contributed by atoms with Crippen LogP contribution in [0, 0.1) is 11.3 Å². The summed E-state index contributed by atoms with van der Waals surface area (Å²) in [5.74, 6) is 0.458. The number of hydrogen-bond donors (Lipinski definition) is 0. The van der Waals surface area contributed by atoms with E-state index in [0.29, 0.717) is 18.9 Å². The van der Waals surface area contributed by atoms with E-state index in [4.69, 9.17) is 4.74 Å². The second-order valence-corrected chi connectivity index (χ2v) is 7.98. The monoisotopic (exact) mass is 390 g/mol. The van der Waals surface area contributed by atoms with Gasteiger partial charge in [-0.05, 0) is 43.4 Å². The average Bonchev–Trinajstić information content (AvgIpc) is 2.98. The second kappa shape index (κ2) is 9.19. The molecule has 1 heterocycles. The summed E-state index contributed by atoms with van der Waals surface area (Å²) in [7, 11) is 0. The first-order chi connectivity index (χ1) is 14.0. The number of nitrogens with zero attached hydrogens (tertiary/aromatic N) is 2. The number of anilines is 1. The Labute approximate surface area is 173 Å². The molecule has 2 atom stereocenters. The molecule has 0 aromatic heterocycles. The highest BCUT2D eigenvalue weighted by Gasteiger charge is 2.54. The number of rotatable bonds is 9. The number of hydrogen-bond acceptors (Lipinski definition) is 3. The highest BCUT2D eigenvalue weighted by molar-refractivity contribution is 6.19. The molecule has 0 fully saturated rings. The highest BCUT2D eigenvalue weighted by Crippen LogP contribution is 2.40. The van der Waals surface area contributed by atoms with Crippen LogP contribution in [-0.4, -0.2) is 24.3 Å². The van der Waals surface area contributed by atoms with Gasteiger partial charge in [0.2, 0.25) is 0 Å². The largest absolute Gasteiger partial charge is 0.373 e. The molecule has 4 heteroatoms. The maximum absolute atomic E-state index is 13.8. The molecule has 1 aliphatic rings. The van der Waals surface area contributed by atoms with E-state index in [2.05, 4.69) is 25.5 Å². The van der Waals surface area contributed by atoms with Crippen molar-refractivity contribution in [2.24, 2.45) is 16.4 Å². The van der Waals surface area contributed by atoms with Crippen LogP contribution in [0.2, 0.25) is 0 Å². The summed E-state index contributed by atoms with van der Waals surface area (Å²) in [5, 5.41) is 6.19. The zero-order chi connectivity index (χ0) is 20.9. The van der Waals surface area contributed by atoms with Gasteiger partial charge < -0.3 is 4.74 Å². The maximum atomic E-state index is 13.8. The van der Waals surface area contributed by atoms with Gasteiger partial charge in [-0.1, -0.05) is 68.5 Å². The lowest BCUT2D eigenvalue weighted by Gasteiger charge is -2.34. The zero-order valence-corrected chi connectivity index (χ0v) is 17.5. The number of para-hydroxylation sites is 1. The number of carbonyl (C=O) groups excluding carboxylic acids is 1. The fourth-order valence-corrected chi connectivity index (χ4v) is 3.76. The standard InChI is InChI=1S/C25H30N2O2/c1-5-23(29-17-16-19(2)3)25(18-21-12-8-6-9-13-21)20(4)26-27(24(25)28)22-14-10-7-11-15-22/h5-15,19,23H,1,16-18H2,2-4H3/t23-,25+/m0/s1. The van der Waals surface area contributed by atoms with Crippen molar-refractivity contribution >= 4 is 17.3 Å². The van der Waals surface area contributed by atoms with Gasteiger partial charge in [0.25, 0.3) is 5.91 Å². The summed E-state index contributed by atoms with van der Waals surface area (Å²) < 4.78 is 6.24. The van der Waals surface area contributed by atoms with Gasteiger partial charge >= 0.3 is 0 Å². The molecule has 0 aliphatic carbocycles. The minimum absolute atomic E-state index is 0.0699. The number of carbonyl (C=O) groups is 1. The summed E-state index contributed by atoms with van der Waals surface area (Å²) in [6.45, 7) is 10.8. The first-order valence-electron chi connectivity index (χ1n) is 10.2. The smallest absolute Gasteiger partial charge is 0.262 e. The first-order valence-corrected chi connectivity index (χ1v) is 10.2. The predicted molar refractivity (Wildman–Crippen MR) is 119 cm³/mol. The van der Waals surface area contributed by atoms with E-state index in [-0.39, 0.29) is 5.91 Å². The third kappa shape index (κ3) is 4.33. The molecule has 1 aliphatic heterocycles. The van der Waals surface area contributed by atoms with E-state index in [0.717, 1.165) is 23.4 Å². The lowest BCUT2D eigenvalue weighted by Crippen LogP contribution is -2.50. The quantitative estimate of drug-likeness (QED) is 0.548. The molecule has 1 amide bonds. The van der Waals surface area contributed by atoms with Crippen LogP contribution in [0.4, 0.5) is 5.69 Å². The maximum Gasteiger partial charge on any atom is 0.262 e. The van der Waals surface area contributed by atoms with Crippen molar-refractivity contribution in [3.05, 3.63) is 78.9 Å². The molecule has 2 aromatic carbocycles. The third-order valence-corrected chi connectivity index (χ3v) is 5.49. The van der Waals surface area contributed by atoms with Crippen molar-refractivity contribution < 1.29 is 9.53 Å². The number of ether oxygens (including phenoxy) is 1. The SMILES string of the molecule is C=C[C@H](OCCC(C)C)[C@]1(Cc2ccccc2)C(=O)N(c2ccccc2)N=C1C. The minimum Gasteiger partial charge on any atom is -0.373 e. The summed E-state index contributed by atoms with van der Waals surface area (Å²) in [4.78, 5) is 13.8. The van der Waals surface area contributed by atoms with Crippen molar-refractivity contribution in [3.8, 4) is 0 Å². The molecule has 29 heavy (non-hydrogen) atoms. The fourth-order valence-electron chi connectivity index (χ4n) is 3.76. The number of hydrazone groups is 1. The molecule has 152 valence electrons. The Morgan fingerprint density at radius 3 is 2.31 bits per heavy atom. The minimum atomic E-state index is -0.907. The summed E-state index contributed by atoms with van der Waals surface area (Å²) in [6, 6.07) is 19.6. The summed E-state index contributed by atoms with van der Waals surface area (Å²) in [6.07, 6.45) is 2.75. The van der Waals surface area contributed by atoms with Crippen LogP contribution < -0.4 is 5.01 Å². The summed E-state index contributed by atoms with van der Waals surface area (Å²) >= 11 is 0. The Morgan fingerprint density at radius 1 is 1.10 bits per heavy atom. The van der Waals surface area contributed by atoms with Crippen LogP contribution in [0.1, 0.15) is 32.8 Å². The van der Waals surface area contributed by atoms with Gasteiger partial charge in [0, 0.05) is 6.61 Å². The lowest BCUT2D eigenvalue weighted by atomic mass is 9.72.